The summed E-state index contributed by atoms with van der Waals surface area (Å²) in [6, 6.07) is 9.81. The lowest BCUT2D eigenvalue weighted by Crippen LogP contribution is -2.57. The van der Waals surface area contributed by atoms with Gasteiger partial charge in [0, 0.05) is 24.8 Å². The fraction of sp³-hybridized carbons (Fsp3) is 0.444. The summed E-state index contributed by atoms with van der Waals surface area (Å²) in [6.07, 6.45) is 2.47. The predicted molar refractivity (Wildman–Crippen MR) is 142 cm³/mol. The van der Waals surface area contributed by atoms with Gasteiger partial charge in [-0.15, -0.1) is 0 Å². The number of rotatable bonds is 8. The molecule has 1 aliphatic carbocycles. The summed E-state index contributed by atoms with van der Waals surface area (Å²) >= 11 is 0. The van der Waals surface area contributed by atoms with Crippen LogP contribution in [0.5, 0.6) is 0 Å². The molecule has 0 radical (unpaired) electrons. The minimum absolute atomic E-state index is 0.0720. The van der Waals surface area contributed by atoms with E-state index in [1.54, 1.807) is 24.3 Å². The zero-order chi connectivity index (χ0) is 28.2. The number of carbonyl (C=O) groups is 3. The molecule has 3 N–H and O–H groups in total. The number of aliphatic carboxylic acids is 1. The second kappa shape index (κ2) is 12.1. The van der Waals surface area contributed by atoms with E-state index in [4.69, 9.17) is 0 Å². The first-order chi connectivity index (χ1) is 18.6. The maximum atomic E-state index is 13.7. The number of hydrogen-bond donors (Lipinski definition) is 3. The maximum Gasteiger partial charge on any atom is 0.323 e. The molecule has 3 amide bonds. The van der Waals surface area contributed by atoms with Crippen molar-refractivity contribution >= 4 is 33.6 Å². The summed E-state index contributed by atoms with van der Waals surface area (Å²) in [5.41, 5.74) is 1.45. The van der Waals surface area contributed by atoms with Crippen LogP contribution in [0.4, 0.5) is 14.9 Å². The summed E-state index contributed by atoms with van der Waals surface area (Å²) in [7, 11) is -4.31. The lowest BCUT2D eigenvalue weighted by molar-refractivity contribution is -0.138. The number of halogens is 1. The Labute approximate surface area is 227 Å². The summed E-state index contributed by atoms with van der Waals surface area (Å²) in [5.74, 6) is -2.55. The lowest BCUT2D eigenvalue weighted by Gasteiger charge is -2.34. The highest BCUT2D eigenvalue weighted by Crippen LogP contribution is 2.30. The van der Waals surface area contributed by atoms with Gasteiger partial charge in [0.2, 0.25) is 10.0 Å². The Kier molecular flexibility index (Phi) is 8.86. The van der Waals surface area contributed by atoms with Crippen LogP contribution >= 0.6 is 0 Å². The van der Waals surface area contributed by atoms with Gasteiger partial charge in [-0.3, -0.25) is 14.5 Å². The molecule has 0 spiro atoms. The number of sulfonamides is 1. The van der Waals surface area contributed by atoms with Gasteiger partial charge >= 0.3 is 12.0 Å². The molecule has 0 bridgehead atoms. The van der Waals surface area contributed by atoms with Gasteiger partial charge < -0.3 is 15.7 Å². The van der Waals surface area contributed by atoms with Crippen molar-refractivity contribution in [1.29, 1.82) is 0 Å². The number of benzene rings is 2. The Morgan fingerprint density at radius 2 is 1.64 bits per heavy atom. The Morgan fingerprint density at radius 3 is 2.26 bits per heavy atom. The minimum Gasteiger partial charge on any atom is -0.481 e. The van der Waals surface area contributed by atoms with Crippen LogP contribution in [0.3, 0.4) is 0 Å². The van der Waals surface area contributed by atoms with E-state index in [0.717, 1.165) is 71.1 Å². The largest absolute Gasteiger partial charge is 0.481 e. The molecule has 2 unspecified atom stereocenters. The molecule has 1 saturated carbocycles. The first-order valence-corrected chi connectivity index (χ1v) is 14.4. The van der Waals surface area contributed by atoms with Gasteiger partial charge in [-0.1, -0.05) is 37.0 Å². The Bertz CT molecular complexity index is 1300. The molecule has 4 rings (SSSR count). The smallest absolute Gasteiger partial charge is 0.323 e. The van der Waals surface area contributed by atoms with Crippen molar-refractivity contribution in [3.05, 3.63) is 59.9 Å². The number of aryl methyl sites for hydroxylation is 1. The molecule has 2 fully saturated rings. The molecule has 0 aromatic heterocycles. The van der Waals surface area contributed by atoms with Gasteiger partial charge in [0.05, 0.1) is 11.3 Å². The molecule has 2 atom stereocenters. The number of nitrogens with zero attached hydrogens (tertiary/aromatic N) is 2. The SMILES string of the molecule is Cc1ccc(NC(=O)N2CCN(S(=O)(=O)c3ccc(F)cc3)C2C(=O)NC(CC(=O)O)C2CCCCC2)cc1. The minimum atomic E-state index is -4.31. The van der Waals surface area contributed by atoms with Crippen LogP contribution in [-0.4, -0.2) is 65.9 Å². The molecule has 1 saturated heterocycles. The zero-order valence-corrected chi connectivity index (χ0v) is 22.5. The molecule has 2 aromatic rings. The summed E-state index contributed by atoms with van der Waals surface area (Å²) in [6.45, 7) is 1.64. The highest BCUT2D eigenvalue weighted by Gasteiger charge is 2.47. The molecule has 12 heteroatoms. The van der Waals surface area contributed by atoms with Crippen LogP contribution in [0.25, 0.3) is 0 Å². The van der Waals surface area contributed by atoms with Crippen LogP contribution < -0.4 is 10.6 Å². The molecule has 39 heavy (non-hydrogen) atoms. The van der Waals surface area contributed by atoms with Crippen LogP contribution in [0, 0.1) is 18.7 Å². The van der Waals surface area contributed by atoms with E-state index in [2.05, 4.69) is 10.6 Å². The van der Waals surface area contributed by atoms with Crippen LogP contribution in [-0.2, 0) is 19.6 Å². The number of carbonyl (C=O) groups excluding carboxylic acids is 2. The van der Waals surface area contributed by atoms with Gasteiger partial charge in [0.25, 0.3) is 5.91 Å². The standard InChI is InChI=1S/C27H33FN4O6S/c1-18-7-11-21(12-8-18)29-27(36)31-15-16-32(39(37,38)22-13-9-20(28)10-14-22)26(31)25(35)30-23(17-24(33)34)19-5-3-2-4-6-19/h7-14,19,23,26H,2-6,15-17H2,1H3,(H,29,36)(H,30,35)(H,33,34). The summed E-state index contributed by atoms with van der Waals surface area (Å²) in [5, 5.41) is 15.0. The molecule has 2 aliphatic rings. The molecule has 2 aromatic carbocycles. The molecule has 210 valence electrons. The van der Waals surface area contributed by atoms with Gasteiger partial charge in [0.15, 0.2) is 6.17 Å². The predicted octanol–water partition coefficient (Wildman–Crippen LogP) is 3.54. The molecule has 10 nitrogen and oxygen atoms in total. The van der Waals surface area contributed by atoms with Crippen molar-refractivity contribution in [1.82, 2.24) is 14.5 Å². The molecule has 1 aliphatic heterocycles. The summed E-state index contributed by atoms with van der Waals surface area (Å²) < 4.78 is 41.5. The highest BCUT2D eigenvalue weighted by atomic mass is 32.2. The quantitative estimate of drug-likeness (QED) is 0.452. The van der Waals surface area contributed by atoms with E-state index < -0.39 is 46.0 Å². The number of carboxylic acid groups (broad SMARTS) is 1. The third-order valence-electron chi connectivity index (χ3n) is 7.29. The number of amides is 3. The number of anilines is 1. The van der Waals surface area contributed by atoms with E-state index >= 15 is 0 Å². The molecular formula is C27H33FN4O6S. The normalized spacial score (nSPS) is 19.4. The third-order valence-corrected chi connectivity index (χ3v) is 9.16. The van der Waals surface area contributed by atoms with Crippen LogP contribution in [0.1, 0.15) is 44.1 Å². The first-order valence-electron chi connectivity index (χ1n) is 13.0. The topological polar surface area (TPSA) is 136 Å². The Morgan fingerprint density at radius 1 is 1.00 bits per heavy atom. The van der Waals surface area contributed by atoms with E-state index in [1.807, 2.05) is 6.92 Å². The Balaban J connectivity index is 1.64. The fourth-order valence-electron chi connectivity index (χ4n) is 5.23. The highest BCUT2D eigenvalue weighted by molar-refractivity contribution is 7.89. The number of carboxylic acids is 1. The summed E-state index contributed by atoms with van der Waals surface area (Å²) in [4.78, 5) is 39.6. The van der Waals surface area contributed by atoms with E-state index in [0.29, 0.717) is 5.69 Å². The van der Waals surface area contributed by atoms with E-state index in [1.165, 1.54) is 0 Å². The monoisotopic (exact) mass is 560 g/mol. The lowest BCUT2D eigenvalue weighted by atomic mass is 9.82. The van der Waals surface area contributed by atoms with Gasteiger partial charge in [0.1, 0.15) is 5.82 Å². The van der Waals surface area contributed by atoms with Crippen LogP contribution in [0.2, 0.25) is 0 Å². The first kappa shape index (κ1) is 28.5. The number of hydrogen-bond acceptors (Lipinski definition) is 5. The average Bonchev–Trinajstić information content (AvgIpc) is 3.37. The molecular weight excluding hydrogens is 527 g/mol. The number of urea groups is 1. The maximum absolute atomic E-state index is 13.7. The van der Waals surface area contributed by atoms with E-state index in [-0.39, 0.29) is 30.3 Å². The van der Waals surface area contributed by atoms with Gasteiger partial charge in [-0.2, -0.15) is 4.31 Å². The van der Waals surface area contributed by atoms with Crippen molar-refractivity contribution in [3.63, 3.8) is 0 Å². The second-order valence-corrected chi connectivity index (χ2v) is 11.9. The third kappa shape index (κ3) is 6.74. The van der Waals surface area contributed by atoms with Gasteiger partial charge in [-0.05, 0) is 62.1 Å². The van der Waals surface area contributed by atoms with E-state index in [9.17, 15) is 32.3 Å². The molecule has 1 heterocycles. The van der Waals surface area contributed by atoms with Crippen molar-refractivity contribution in [2.75, 3.05) is 18.4 Å². The van der Waals surface area contributed by atoms with Crippen molar-refractivity contribution < 1.29 is 32.3 Å². The average molecular weight is 561 g/mol. The zero-order valence-electron chi connectivity index (χ0n) is 21.7. The number of nitrogens with one attached hydrogen (secondary N) is 2. The van der Waals surface area contributed by atoms with Crippen LogP contribution in [0.15, 0.2) is 53.4 Å². The van der Waals surface area contributed by atoms with Gasteiger partial charge in [-0.25, -0.2) is 17.6 Å². The fourth-order valence-corrected chi connectivity index (χ4v) is 6.78. The van der Waals surface area contributed by atoms with Crippen molar-refractivity contribution in [3.8, 4) is 0 Å². The van der Waals surface area contributed by atoms with Crippen molar-refractivity contribution in [2.45, 2.75) is 62.6 Å². The Hall–Kier alpha value is -3.51. The second-order valence-electron chi connectivity index (χ2n) is 10.0. The van der Waals surface area contributed by atoms with Crippen molar-refractivity contribution in [2.24, 2.45) is 5.92 Å².